The van der Waals surface area contributed by atoms with Gasteiger partial charge in [-0.25, -0.2) is 4.79 Å². The monoisotopic (exact) mass is 215 g/mol. The van der Waals surface area contributed by atoms with E-state index in [0.717, 1.165) is 0 Å². The van der Waals surface area contributed by atoms with Crippen molar-refractivity contribution in [2.75, 3.05) is 6.61 Å². The first kappa shape index (κ1) is 13.6. The Balaban J connectivity index is 4.59. The second-order valence-corrected chi connectivity index (χ2v) is 3.32. The van der Waals surface area contributed by atoms with E-state index in [1.807, 2.05) is 6.92 Å². The van der Waals surface area contributed by atoms with Gasteiger partial charge in [-0.3, -0.25) is 4.79 Å². The van der Waals surface area contributed by atoms with Gasteiger partial charge in [-0.05, 0) is 20.3 Å². The SMILES string of the molecule is CC[C@@H](CO)NC(=O)C(C)=C(C)C(=O)O. The topological polar surface area (TPSA) is 86.6 Å². The van der Waals surface area contributed by atoms with Crippen LogP contribution in [0.2, 0.25) is 0 Å². The highest BCUT2D eigenvalue weighted by Crippen LogP contribution is 2.04. The third-order valence-electron chi connectivity index (χ3n) is 2.27. The van der Waals surface area contributed by atoms with Crippen molar-refractivity contribution in [1.82, 2.24) is 5.32 Å². The van der Waals surface area contributed by atoms with Gasteiger partial charge in [-0.15, -0.1) is 0 Å². The van der Waals surface area contributed by atoms with Crippen molar-refractivity contribution in [2.24, 2.45) is 0 Å². The van der Waals surface area contributed by atoms with E-state index >= 15 is 0 Å². The number of nitrogens with one attached hydrogen (secondary N) is 1. The smallest absolute Gasteiger partial charge is 0.331 e. The number of carboxylic acid groups (broad SMARTS) is 1. The molecule has 0 aliphatic carbocycles. The van der Waals surface area contributed by atoms with Gasteiger partial charge < -0.3 is 15.5 Å². The zero-order valence-electron chi connectivity index (χ0n) is 9.20. The maximum absolute atomic E-state index is 11.5. The summed E-state index contributed by atoms with van der Waals surface area (Å²) in [4.78, 5) is 22.1. The highest BCUT2D eigenvalue weighted by atomic mass is 16.4. The van der Waals surface area contributed by atoms with E-state index in [-0.39, 0.29) is 23.8 Å². The number of carboxylic acids is 1. The zero-order chi connectivity index (χ0) is 12.0. The molecule has 86 valence electrons. The minimum Gasteiger partial charge on any atom is -0.478 e. The molecule has 0 radical (unpaired) electrons. The molecule has 0 aliphatic rings. The fraction of sp³-hybridized carbons (Fsp3) is 0.600. The average Bonchev–Trinajstić information content (AvgIpc) is 2.23. The van der Waals surface area contributed by atoms with Crippen LogP contribution < -0.4 is 5.32 Å². The van der Waals surface area contributed by atoms with Gasteiger partial charge in [0.25, 0.3) is 0 Å². The third kappa shape index (κ3) is 4.12. The molecule has 0 heterocycles. The molecule has 0 rings (SSSR count). The minimum atomic E-state index is -1.11. The van der Waals surface area contributed by atoms with E-state index in [1.54, 1.807) is 0 Å². The molecule has 0 aliphatic heterocycles. The number of aliphatic carboxylic acids is 1. The predicted octanol–water partition coefficient (Wildman–Crippen LogP) is 0.295. The number of aliphatic hydroxyl groups excluding tert-OH is 1. The molecule has 0 fully saturated rings. The van der Waals surface area contributed by atoms with Crippen molar-refractivity contribution < 1.29 is 19.8 Å². The summed E-state index contributed by atoms with van der Waals surface area (Å²) < 4.78 is 0. The molecule has 0 saturated carbocycles. The summed E-state index contributed by atoms with van der Waals surface area (Å²) in [6.07, 6.45) is 0.599. The highest BCUT2D eigenvalue weighted by molar-refractivity contribution is 6.01. The number of hydrogen-bond acceptors (Lipinski definition) is 3. The van der Waals surface area contributed by atoms with Crippen LogP contribution in [-0.4, -0.2) is 34.7 Å². The fourth-order valence-electron chi connectivity index (χ4n) is 0.901. The minimum absolute atomic E-state index is 0.0142. The summed E-state index contributed by atoms with van der Waals surface area (Å²) in [6.45, 7) is 4.49. The molecule has 0 saturated heterocycles. The summed E-state index contributed by atoms with van der Waals surface area (Å²) in [5, 5.41) is 20.1. The van der Waals surface area contributed by atoms with Crippen molar-refractivity contribution in [1.29, 1.82) is 0 Å². The number of hydrogen-bond donors (Lipinski definition) is 3. The Kier molecular flexibility index (Phi) is 5.62. The Bertz CT molecular complexity index is 279. The van der Waals surface area contributed by atoms with Crippen molar-refractivity contribution in [3.63, 3.8) is 0 Å². The summed E-state index contributed by atoms with van der Waals surface area (Å²) in [7, 11) is 0. The van der Waals surface area contributed by atoms with Crippen LogP contribution in [0, 0.1) is 0 Å². The lowest BCUT2D eigenvalue weighted by atomic mass is 10.1. The van der Waals surface area contributed by atoms with Crippen molar-refractivity contribution in [2.45, 2.75) is 33.2 Å². The first-order valence-electron chi connectivity index (χ1n) is 4.76. The first-order valence-corrected chi connectivity index (χ1v) is 4.76. The van der Waals surface area contributed by atoms with Gasteiger partial charge >= 0.3 is 5.97 Å². The average molecular weight is 215 g/mol. The van der Waals surface area contributed by atoms with E-state index in [4.69, 9.17) is 10.2 Å². The van der Waals surface area contributed by atoms with Crippen LogP contribution in [0.4, 0.5) is 0 Å². The van der Waals surface area contributed by atoms with Crippen LogP contribution in [0.25, 0.3) is 0 Å². The van der Waals surface area contributed by atoms with Crippen LogP contribution in [0.5, 0.6) is 0 Å². The van der Waals surface area contributed by atoms with E-state index < -0.39 is 11.9 Å². The quantitative estimate of drug-likeness (QED) is 0.575. The Labute approximate surface area is 88.8 Å². The van der Waals surface area contributed by atoms with Gasteiger partial charge in [0.2, 0.25) is 5.91 Å². The van der Waals surface area contributed by atoms with Gasteiger partial charge in [0, 0.05) is 11.1 Å². The number of rotatable bonds is 5. The molecule has 5 nitrogen and oxygen atoms in total. The van der Waals surface area contributed by atoms with Crippen LogP contribution >= 0.6 is 0 Å². The van der Waals surface area contributed by atoms with Crippen LogP contribution in [0.1, 0.15) is 27.2 Å². The van der Waals surface area contributed by atoms with Gasteiger partial charge in [0.1, 0.15) is 0 Å². The number of aliphatic hydroxyl groups is 1. The molecule has 0 bridgehead atoms. The lowest BCUT2D eigenvalue weighted by Crippen LogP contribution is -2.37. The molecule has 0 aromatic carbocycles. The fourth-order valence-corrected chi connectivity index (χ4v) is 0.901. The van der Waals surface area contributed by atoms with Crippen molar-refractivity contribution in [3.05, 3.63) is 11.1 Å². The van der Waals surface area contributed by atoms with Crippen molar-refractivity contribution in [3.8, 4) is 0 Å². The summed E-state index contributed by atoms with van der Waals surface area (Å²) in [5.41, 5.74) is 0.176. The molecule has 0 unspecified atom stereocenters. The lowest BCUT2D eigenvalue weighted by Gasteiger charge is -2.14. The molecule has 15 heavy (non-hydrogen) atoms. The van der Waals surface area contributed by atoms with Gasteiger partial charge in [0.05, 0.1) is 12.6 Å². The molecule has 0 aromatic rings. The number of carbonyl (C=O) groups is 2. The second-order valence-electron chi connectivity index (χ2n) is 3.32. The Morgan fingerprint density at radius 1 is 1.27 bits per heavy atom. The molecule has 5 heteroatoms. The highest BCUT2D eigenvalue weighted by Gasteiger charge is 2.15. The predicted molar refractivity (Wildman–Crippen MR) is 55.3 cm³/mol. The van der Waals surface area contributed by atoms with Gasteiger partial charge in [-0.1, -0.05) is 6.92 Å². The van der Waals surface area contributed by atoms with E-state index in [2.05, 4.69) is 5.32 Å². The molecular formula is C10H17NO4. The normalized spacial score (nSPS) is 14.1. The Morgan fingerprint density at radius 2 is 1.80 bits per heavy atom. The Hall–Kier alpha value is -1.36. The van der Waals surface area contributed by atoms with E-state index in [9.17, 15) is 9.59 Å². The lowest BCUT2D eigenvalue weighted by molar-refractivity contribution is -0.133. The molecule has 0 aromatic heterocycles. The summed E-state index contributed by atoms with van der Waals surface area (Å²) in [5.74, 6) is -1.56. The van der Waals surface area contributed by atoms with Crippen LogP contribution in [0.3, 0.4) is 0 Å². The van der Waals surface area contributed by atoms with Gasteiger partial charge in [0.15, 0.2) is 0 Å². The van der Waals surface area contributed by atoms with Crippen LogP contribution in [-0.2, 0) is 9.59 Å². The van der Waals surface area contributed by atoms with Crippen molar-refractivity contribution >= 4 is 11.9 Å². The Morgan fingerprint density at radius 3 is 2.13 bits per heavy atom. The van der Waals surface area contributed by atoms with E-state index in [1.165, 1.54) is 13.8 Å². The molecule has 0 spiro atoms. The van der Waals surface area contributed by atoms with E-state index in [0.29, 0.717) is 6.42 Å². The maximum Gasteiger partial charge on any atom is 0.331 e. The summed E-state index contributed by atoms with van der Waals surface area (Å²) in [6, 6.07) is -0.325. The largest absolute Gasteiger partial charge is 0.478 e. The zero-order valence-corrected chi connectivity index (χ0v) is 9.20. The number of carbonyl (C=O) groups excluding carboxylic acids is 1. The molecule has 1 atom stereocenters. The van der Waals surface area contributed by atoms with Crippen LogP contribution in [0.15, 0.2) is 11.1 Å². The molecule has 3 N–H and O–H groups in total. The standard InChI is InChI=1S/C10H17NO4/c1-4-8(5-12)11-9(13)6(2)7(3)10(14)15/h8,12H,4-5H2,1-3H3,(H,11,13)(H,14,15)/t8-/m0/s1. The maximum atomic E-state index is 11.5. The molecular weight excluding hydrogens is 198 g/mol. The van der Waals surface area contributed by atoms with Gasteiger partial charge in [-0.2, -0.15) is 0 Å². The first-order chi connectivity index (χ1) is 6.93. The second kappa shape index (κ2) is 6.19. The number of amides is 1. The third-order valence-corrected chi connectivity index (χ3v) is 2.27. The molecule has 1 amide bonds. The summed E-state index contributed by atoms with van der Waals surface area (Å²) >= 11 is 0.